The Morgan fingerprint density at radius 2 is 2.09 bits per heavy atom. The molecule has 0 saturated carbocycles. The lowest BCUT2D eigenvalue weighted by atomic mass is 10.2. The van der Waals surface area contributed by atoms with Crippen LogP contribution < -0.4 is 15.4 Å². The number of carboxylic acid groups (broad SMARTS) is 1. The molecule has 7 nitrogen and oxygen atoms in total. The van der Waals surface area contributed by atoms with E-state index in [0.29, 0.717) is 23.0 Å². The topological polar surface area (TPSA) is 96.9 Å². The first-order chi connectivity index (χ1) is 10.5. The fraction of sp³-hybridized carbons (Fsp3) is 0.429. The molecule has 0 aliphatic heterocycles. The number of halogens is 1. The molecule has 1 rings (SSSR count). The summed E-state index contributed by atoms with van der Waals surface area (Å²) in [6, 6.07) is 5.18. The number of carbonyl (C=O) groups is 2. The van der Waals surface area contributed by atoms with Crippen LogP contribution in [0.15, 0.2) is 18.2 Å². The SMILES string of the molecule is COc1ccc(Cl)cc1NCCC(=O)NCCOCC(=O)O. The van der Waals surface area contributed by atoms with Crippen LogP contribution in [-0.4, -0.2) is 50.4 Å². The number of nitrogens with one attached hydrogen (secondary N) is 2. The van der Waals surface area contributed by atoms with E-state index in [0.717, 1.165) is 0 Å². The van der Waals surface area contributed by atoms with E-state index < -0.39 is 5.97 Å². The highest BCUT2D eigenvalue weighted by Gasteiger charge is 2.05. The van der Waals surface area contributed by atoms with Gasteiger partial charge in [0.15, 0.2) is 0 Å². The number of benzene rings is 1. The molecule has 0 aliphatic rings. The first-order valence-electron chi connectivity index (χ1n) is 6.66. The molecule has 8 heteroatoms. The Hall–Kier alpha value is -1.99. The molecule has 0 saturated heterocycles. The summed E-state index contributed by atoms with van der Waals surface area (Å²) < 4.78 is 9.98. The van der Waals surface area contributed by atoms with Crippen LogP contribution in [0.5, 0.6) is 5.75 Å². The summed E-state index contributed by atoms with van der Waals surface area (Å²) >= 11 is 5.91. The van der Waals surface area contributed by atoms with Crippen LogP contribution in [0.2, 0.25) is 5.02 Å². The second-order valence-corrected chi connectivity index (χ2v) is 4.75. The molecule has 3 N–H and O–H groups in total. The van der Waals surface area contributed by atoms with Gasteiger partial charge in [0, 0.05) is 24.5 Å². The third-order valence-corrected chi connectivity index (χ3v) is 2.86. The molecule has 0 heterocycles. The van der Waals surface area contributed by atoms with Crippen LogP contribution in [0.3, 0.4) is 0 Å². The molecule has 122 valence electrons. The van der Waals surface area contributed by atoms with Gasteiger partial charge in [-0.15, -0.1) is 0 Å². The Bertz CT molecular complexity index is 510. The fourth-order valence-corrected chi connectivity index (χ4v) is 1.81. The number of carbonyl (C=O) groups excluding carboxylic acids is 1. The molecule has 0 atom stereocenters. The Kier molecular flexibility index (Phi) is 8.09. The molecule has 22 heavy (non-hydrogen) atoms. The number of ether oxygens (including phenoxy) is 2. The Morgan fingerprint density at radius 1 is 1.32 bits per heavy atom. The first kappa shape index (κ1) is 18.1. The lowest BCUT2D eigenvalue weighted by molar-refractivity contribution is -0.142. The number of hydrogen-bond donors (Lipinski definition) is 3. The second kappa shape index (κ2) is 9.86. The van der Waals surface area contributed by atoms with Gasteiger partial charge in [-0.2, -0.15) is 0 Å². The van der Waals surface area contributed by atoms with Gasteiger partial charge in [-0.25, -0.2) is 4.79 Å². The molecule has 0 aliphatic carbocycles. The van der Waals surface area contributed by atoms with E-state index in [1.807, 2.05) is 0 Å². The predicted molar refractivity (Wildman–Crippen MR) is 82.6 cm³/mol. The normalized spacial score (nSPS) is 10.1. The molecule has 1 amide bonds. The smallest absolute Gasteiger partial charge is 0.329 e. The molecular weight excluding hydrogens is 312 g/mol. The minimum absolute atomic E-state index is 0.160. The largest absolute Gasteiger partial charge is 0.495 e. The van der Waals surface area contributed by atoms with Crippen molar-refractivity contribution in [2.24, 2.45) is 0 Å². The van der Waals surface area contributed by atoms with Crippen molar-refractivity contribution in [1.82, 2.24) is 5.32 Å². The molecule has 0 fully saturated rings. The Balaban J connectivity index is 2.22. The predicted octanol–water partition coefficient (Wildman–Crippen LogP) is 1.37. The van der Waals surface area contributed by atoms with Gasteiger partial charge in [0.05, 0.1) is 19.4 Å². The van der Waals surface area contributed by atoms with Crippen molar-refractivity contribution >= 4 is 29.2 Å². The average Bonchev–Trinajstić information content (AvgIpc) is 2.47. The maximum Gasteiger partial charge on any atom is 0.329 e. The van der Waals surface area contributed by atoms with E-state index in [1.165, 1.54) is 0 Å². The van der Waals surface area contributed by atoms with E-state index in [-0.39, 0.29) is 32.1 Å². The Morgan fingerprint density at radius 3 is 2.77 bits per heavy atom. The second-order valence-electron chi connectivity index (χ2n) is 4.32. The van der Waals surface area contributed by atoms with Crippen LogP contribution in [0.4, 0.5) is 5.69 Å². The number of amides is 1. The average molecular weight is 331 g/mol. The lowest BCUT2D eigenvalue weighted by Crippen LogP contribution is -2.29. The van der Waals surface area contributed by atoms with Crippen molar-refractivity contribution in [2.75, 3.05) is 38.7 Å². The Labute approximate surface area is 133 Å². The molecule has 0 bridgehead atoms. The minimum Gasteiger partial charge on any atom is -0.495 e. The fourth-order valence-electron chi connectivity index (χ4n) is 1.64. The zero-order valence-corrected chi connectivity index (χ0v) is 13.0. The van der Waals surface area contributed by atoms with E-state index in [2.05, 4.69) is 10.6 Å². The third kappa shape index (κ3) is 7.14. The summed E-state index contributed by atoms with van der Waals surface area (Å²) in [7, 11) is 1.55. The number of hydrogen-bond acceptors (Lipinski definition) is 5. The summed E-state index contributed by atoms with van der Waals surface area (Å²) in [5.41, 5.74) is 0.715. The zero-order valence-electron chi connectivity index (χ0n) is 12.2. The van der Waals surface area contributed by atoms with Crippen LogP contribution in [-0.2, 0) is 14.3 Å². The van der Waals surface area contributed by atoms with Gasteiger partial charge in [-0.3, -0.25) is 4.79 Å². The van der Waals surface area contributed by atoms with Crippen molar-refractivity contribution in [1.29, 1.82) is 0 Å². The highest BCUT2D eigenvalue weighted by molar-refractivity contribution is 6.30. The number of anilines is 1. The lowest BCUT2D eigenvalue weighted by Gasteiger charge is -2.11. The molecule has 0 radical (unpaired) electrons. The van der Waals surface area contributed by atoms with E-state index in [1.54, 1.807) is 25.3 Å². The number of rotatable bonds is 10. The number of methoxy groups -OCH3 is 1. The maximum atomic E-state index is 11.6. The van der Waals surface area contributed by atoms with E-state index >= 15 is 0 Å². The van der Waals surface area contributed by atoms with E-state index in [9.17, 15) is 9.59 Å². The monoisotopic (exact) mass is 330 g/mol. The van der Waals surface area contributed by atoms with Crippen molar-refractivity contribution in [3.8, 4) is 5.75 Å². The van der Waals surface area contributed by atoms with Crippen LogP contribution in [0, 0.1) is 0 Å². The molecule has 0 unspecified atom stereocenters. The van der Waals surface area contributed by atoms with Crippen LogP contribution in [0.1, 0.15) is 6.42 Å². The molecule has 0 spiro atoms. The quantitative estimate of drug-likeness (QED) is 0.561. The van der Waals surface area contributed by atoms with Gasteiger partial charge in [0.1, 0.15) is 12.4 Å². The summed E-state index contributed by atoms with van der Waals surface area (Å²) in [4.78, 5) is 21.8. The van der Waals surface area contributed by atoms with Crippen molar-refractivity contribution in [3.05, 3.63) is 23.2 Å². The highest BCUT2D eigenvalue weighted by Crippen LogP contribution is 2.27. The number of aliphatic carboxylic acids is 1. The summed E-state index contributed by atoms with van der Waals surface area (Å²) in [5.74, 6) is -0.551. The van der Waals surface area contributed by atoms with Gasteiger partial charge in [-0.1, -0.05) is 11.6 Å². The van der Waals surface area contributed by atoms with Gasteiger partial charge < -0.3 is 25.2 Å². The maximum absolute atomic E-state index is 11.6. The van der Waals surface area contributed by atoms with Gasteiger partial charge >= 0.3 is 5.97 Å². The first-order valence-corrected chi connectivity index (χ1v) is 7.04. The van der Waals surface area contributed by atoms with Gasteiger partial charge in [0.25, 0.3) is 0 Å². The van der Waals surface area contributed by atoms with Crippen molar-refractivity contribution < 1.29 is 24.2 Å². The molecule has 1 aromatic carbocycles. The molecule has 0 aromatic heterocycles. The minimum atomic E-state index is -1.04. The van der Waals surface area contributed by atoms with E-state index in [4.69, 9.17) is 26.2 Å². The van der Waals surface area contributed by atoms with Crippen molar-refractivity contribution in [2.45, 2.75) is 6.42 Å². The summed E-state index contributed by atoms with van der Waals surface area (Å²) in [6.45, 7) is 0.477. The molecular formula is C14H19ClN2O5. The van der Waals surface area contributed by atoms with Crippen LogP contribution in [0.25, 0.3) is 0 Å². The van der Waals surface area contributed by atoms with Crippen LogP contribution >= 0.6 is 11.6 Å². The summed E-state index contributed by atoms with van der Waals surface area (Å²) in [6.07, 6.45) is 0.259. The van der Waals surface area contributed by atoms with Gasteiger partial charge in [0.2, 0.25) is 5.91 Å². The zero-order chi connectivity index (χ0) is 16.4. The standard InChI is InChI=1S/C14H19ClN2O5/c1-21-12-3-2-10(15)8-11(12)16-5-4-13(18)17-6-7-22-9-14(19)20/h2-3,8,16H,4-7,9H2,1H3,(H,17,18)(H,19,20). The van der Waals surface area contributed by atoms with Gasteiger partial charge in [-0.05, 0) is 18.2 Å². The number of carboxylic acids is 1. The molecule has 1 aromatic rings. The summed E-state index contributed by atoms with van der Waals surface area (Å²) in [5, 5.41) is 14.6. The highest BCUT2D eigenvalue weighted by atomic mass is 35.5. The third-order valence-electron chi connectivity index (χ3n) is 2.62. The van der Waals surface area contributed by atoms with Crippen molar-refractivity contribution in [3.63, 3.8) is 0 Å².